The van der Waals surface area contributed by atoms with Crippen LogP contribution < -0.4 is 4.72 Å². The van der Waals surface area contributed by atoms with E-state index in [1.165, 1.54) is 18.5 Å². The lowest BCUT2D eigenvalue weighted by Crippen LogP contribution is -2.24. The van der Waals surface area contributed by atoms with Gasteiger partial charge >= 0.3 is 0 Å². The number of sulfonamides is 1. The van der Waals surface area contributed by atoms with Crippen LogP contribution in [0.5, 0.6) is 0 Å². The van der Waals surface area contributed by atoms with Crippen molar-refractivity contribution >= 4 is 21.6 Å². The highest BCUT2D eigenvalue weighted by atomic mass is 35.5. The van der Waals surface area contributed by atoms with Crippen LogP contribution in [0.2, 0.25) is 5.02 Å². The third-order valence-electron chi connectivity index (χ3n) is 2.24. The van der Waals surface area contributed by atoms with Crippen LogP contribution in [-0.2, 0) is 23.6 Å². The van der Waals surface area contributed by atoms with E-state index in [1.54, 1.807) is 24.0 Å². The summed E-state index contributed by atoms with van der Waals surface area (Å²) in [6.45, 7) is 0.106. The molecule has 0 aromatic carbocycles. The van der Waals surface area contributed by atoms with Gasteiger partial charge in [0.2, 0.25) is 10.0 Å². The third kappa shape index (κ3) is 2.87. The molecule has 1 N–H and O–H groups in total. The van der Waals surface area contributed by atoms with Crippen molar-refractivity contribution in [2.45, 2.75) is 11.4 Å². The average molecular weight is 287 g/mol. The number of nitrogens with one attached hydrogen (secondary N) is 1. The minimum absolute atomic E-state index is 0.0393. The van der Waals surface area contributed by atoms with Crippen molar-refractivity contribution in [2.24, 2.45) is 7.05 Å². The molecular formula is C10H11ClN4O2S. The molecule has 0 bridgehead atoms. The van der Waals surface area contributed by atoms with Crippen molar-refractivity contribution in [3.8, 4) is 0 Å². The normalized spacial score (nSPS) is 11.7. The molecule has 2 rings (SSSR count). The van der Waals surface area contributed by atoms with Gasteiger partial charge in [0.25, 0.3) is 0 Å². The number of aryl methyl sites for hydroxylation is 1. The molecule has 0 aliphatic carbocycles. The number of hydrogen-bond acceptors (Lipinski definition) is 4. The summed E-state index contributed by atoms with van der Waals surface area (Å²) in [5, 5.41) is 4.21. The molecule has 0 amide bonds. The Kier molecular flexibility index (Phi) is 3.65. The Morgan fingerprint density at radius 2 is 2.22 bits per heavy atom. The van der Waals surface area contributed by atoms with Crippen molar-refractivity contribution < 1.29 is 8.42 Å². The van der Waals surface area contributed by atoms with E-state index in [1.807, 2.05) is 0 Å². The van der Waals surface area contributed by atoms with Crippen LogP contribution in [0.4, 0.5) is 0 Å². The summed E-state index contributed by atoms with van der Waals surface area (Å²) >= 11 is 5.82. The number of nitrogens with zero attached hydrogens (tertiary/aromatic N) is 3. The zero-order valence-corrected chi connectivity index (χ0v) is 11.1. The van der Waals surface area contributed by atoms with Crippen molar-refractivity contribution in [3.63, 3.8) is 0 Å². The topological polar surface area (TPSA) is 76.9 Å². The number of aromatic nitrogens is 3. The van der Waals surface area contributed by atoms with Gasteiger partial charge in [0, 0.05) is 25.6 Å². The lowest BCUT2D eigenvalue weighted by molar-refractivity contribution is 0.579. The Bertz CT molecular complexity index is 653. The highest BCUT2D eigenvalue weighted by molar-refractivity contribution is 7.89. The molecule has 2 aromatic rings. The fraction of sp³-hybridized carbons (Fsp3) is 0.200. The van der Waals surface area contributed by atoms with Crippen LogP contribution in [-0.4, -0.2) is 23.2 Å². The number of pyridine rings is 1. The maximum atomic E-state index is 12.0. The molecule has 0 atom stereocenters. The van der Waals surface area contributed by atoms with Crippen molar-refractivity contribution in [3.05, 3.63) is 41.4 Å². The van der Waals surface area contributed by atoms with Gasteiger partial charge in [0.15, 0.2) is 0 Å². The SMILES string of the molecule is Cn1ccc(CNS(=O)(=O)c2cnccc2Cl)n1. The van der Waals surface area contributed by atoms with Gasteiger partial charge in [-0.05, 0) is 12.1 Å². The molecule has 0 unspecified atom stereocenters. The van der Waals surface area contributed by atoms with E-state index in [9.17, 15) is 8.42 Å². The fourth-order valence-corrected chi connectivity index (χ4v) is 2.79. The molecule has 0 aliphatic rings. The van der Waals surface area contributed by atoms with Gasteiger partial charge in [-0.2, -0.15) is 5.10 Å². The first-order valence-corrected chi connectivity index (χ1v) is 6.93. The highest BCUT2D eigenvalue weighted by Crippen LogP contribution is 2.18. The van der Waals surface area contributed by atoms with E-state index >= 15 is 0 Å². The van der Waals surface area contributed by atoms with Crippen LogP contribution in [0.15, 0.2) is 35.6 Å². The van der Waals surface area contributed by atoms with E-state index in [2.05, 4.69) is 14.8 Å². The maximum absolute atomic E-state index is 12.0. The summed E-state index contributed by atoms with van der Waals surface area (Å²) in [5.74, 6) is 0. The molecule has 0 aliphatic heterocycles. The molecule has 0 fully saturated rings. The van der Waals surface area contributed by atoms with Crippen LogP contribution >= 0.6 is 11.6 Å². The van der Waals surface area contributed by atoms with Crippen molar-refractivity contribution in [1.82, 2.24) is 19.5 Å². The monoisotopic (exact) mass is 286 g/mol. The van der Waals surface area contributed by atoms with Crippen molar-refractivity contribution in [1.29, 1.82) is 0 Å². The van der Waals surface area contributed by atoms with Gasteiger partial charge in [0.1, 0.15) is 4.90 Å². The summed E-state index contributed by atoms with van der Waals surface area (Å²) in [7, 11) is -1.91. The first-order valence-electron chi connectivity index (χ1n) is 5.07. The van der Waals surface area contributed by atoms with Crippen LogP contribution in [0.1, 0.15) is 5.69 Å². The van der Waals surface area contributed by atoms with E-state index in [0.717, 1.165) is 0 Å². The molecule has 18 heavy (non-hydrogen) atoms. The standard InChI is InChI=1S/C10H11ClN4O2S/c1-15-5-3-8(14-15)6-13-18(16,17)10-7-12-4-2-9(10)11/h2-5,7,13H,6H2,1H3. The van der Waals surface area contributed by atoms with Crippen LogP contribution in [0.3, 0.4) is 0 Å². The van der Waals surface area contributed by atoms with Crippen LogP contribution in [0.25, 0.3) is 0 Å². The Hall–Kier alpha value is -1.44. The van der Waals surface area contributed by atoms with Gasteiger partial charge in [-0.25, -0.2) is 13.1 Å². The highest BCUT2D eigenvalue weighted by Gasteiger charge is 2.17. The fourth-order valence-electron chi connectivity index (χ4n) is 1.36. The van der Waals surface area contributed by atoms with E-state index < -0.39 is 10.0 Å². The minimum atomic E-state index is -3.67. The molecule has 0 spiro atoms. The zero-order valence-electron chi connectivity index (χ0n) is 9.54. The van der Waals surface area contributed by atoms with Gasteiger partial charge in [-0.3, -0.25) is 9.67 Å². The molecule has 2 aromatic heterocycles. The van der Waals surface area contributed by atoms with Crippen LogP contribution in [0, 0.1) is 0 Å². The molecular weight excluding hydrogens is 276 g/mol. The quantitative estimate of drug-likeness (QED) is 0.908. The second-order valence-corrected chi connectivity index (χ2v) is 5.75. The van der Waals surface area contributed by atoms with Crippen molar-refractivity contribution in [2.75, 3.05) is 0 Å². The van der Waals surface area contributed by atoms with Gasteiger partial charge in [0.05, 0.1) is 17.3 Å². The Labute approximate surface area is 110 Å². The average Bonchev–Trinajstić information content (AvgIpc) is 2.73. The summed E-state index contributed by atoms with van der Waals surface area (Å²) in [4.78, 5) is 3.71. The number of halogens is 1. The minimum Gasteiger partial charge on any atom is -0.276 e. The zero-order chi connectivity index (χ0) is 13.2. The molecule has 2 heterocycles. The Morgan fingerprint density at radius 1 is 1.44 bits per heavy atom. The van der Waals surface area contributed by atoms with Gasteiger partial charge < -0.3 is 0 Å². The summed E-state index contributed by atoms with van der Waals surface area (Å²) in [6.07, 6.45) is 4.38. The molecule has 8 heteroatoms. The number of hydrogen-bond donors (Lipinski definition) is 1. The lowest BCUT2D eigenvalue weighted by atomic mass is 10.4. The predicted octanol–water partition coefficient (Wildman–Crippen LogP) is 0.947. The largest absolute Gasteiger partial charge is 0.276 e. The third-order valence-corrected chi connectivity index (χ3v) is 4.11. The number of rotatable bonds is 4. The molecule has 6 nitrogen and oxygen atoms in total. The summed E-state index contributed by atoms with van der Waals surface area (Å²) in [6, 6.07) is 3.16. The smallest absolute Gasteiger partial charge is 0.243 e. The molecule has 0 saturated carbocycles. The second-order valence-electron chi connectivity index (χ2n) is 3.61. The predicted molar refractivity (Wildman–Crippen MR) is 66.5 cm³/mol. The van der Waals surface area contributed by atoms with Gasteiger partial charge in [-0.15, -0.1) is 0 Å². The second kappa shape index (κ2) is 5.05. The lowest BCUT2D eigenvalue weighted by Gasteiger charge is -2.06. The Balaban J connectivity index is 2.16. The first-order chi connectivity index (χ1) is 8.49. The Morgan fingerprint density at radius 3 is 2.83 bits per heavy atom. The first kappa shape index (κ1) is 13.0. The van der Waals surface area contributed by atoms with E-state index in [4.69, 9.17) is 11.6 Å². The van der Waals surface area contributed by atoms with E-state index in [-0.39, 0.29) is 16.5 Å². The maximum Gasteiger partial charge on any atom is 0.243 e. The van der Waals surface area contributed by atoms with E-state index in [0.29, 0.717) is 5.69 Å². The molecule has 0 radical (unpaired) electrons. The molecule has 96 valence electrons. The summed E-state index contributed by atoms with van der Waals surface area (Å²) in [5.41, 5.74) is 0.626. The summed E-state index contributed by atoms with van der Waals surface area (Å²) < 4.78 is 27.9. The molecule has 0 saturated heterocycles. The van der Waals surface area contributed by atoms with Gasteiger partial charge in [-0.1, -0.05) is 11.6 Å².